The Hall–Kier alpha value is -4.81. The smallest absolute Gasteiger partial charge is 0.259 e. The lowest BCUT2D eigenvalue weighted by molar-refractivity contribution is 0.0986. The molecule has 0 bridgehead atoms. The Labute approximate surface area is 233 Å². The van der Waals surface area contributed by atoms with Gasteiger partial charge in [-0.15, -0.1) is 0 Å². The lowest BCUT2D eigenvalue weighted by Crippen LogP contribution is -2.28. The molecular weight excluding hydrogens is 508 g/mol. The molecule has 0 N–H and O–H groups in total. The molecule has 6 nitrogen and oxygen atoms in total. The lowest BCUT2D eigenvalue weighted by atomic mass is 10.1. The fourth-order valence-electron chi connectivity index (χ4n) is 3.94. The number of anilines is 2. The van der Waals surface area contributed by atoms with Crippen LogP contribution in [0.1, 0.15) is 26.4 Å². The zero-order valence-electron chi connectivity index (χ0n) is 21.7. The maximum absolute atomic E-state index is 13.2. The number of benzene rings is 2. The molecule has 4 rings (SSSR count). The van der Waals surface area contributed by atoms with Crippen molar-refractivity contribution < 1.29 is 9.59 Å². The average molecular weight is 535 g/mol. The maximum atomic E-state index is 13.2. The zero-order valence-corrected chi connectivity index (χ0v) is 22.5. The highest BCUT2D eigenvalue weighted by molar-refractivity contribution is 6.31. The number of rotatable bonds is 8. The van der Waals surface area contributed by atoms with Gasteiger partial charge >= 0.3 is 0 Å². The van der Waals surface area contributed by atoms with E-state index in [4.69, 9.17) is 11.6 Å². The van der Waals surface area contributed by atoms with Crippen molar-refractivity contribution in [2.45, 2.75) is 0 Å². The molecule has 194 valence electrons. The van der Waals surface area contributed by atoms with Crippen molar-refractivity contribution in [1.82, 2.24) is 9.97 Å². The van der Waals surface area contributed by atoms with Gasteiger partial charge in [0, 0.05) is 48.4 Å². The van der Waals surface area contributed by atoms with Crippen LogP contribution in [-0.4, -0.2) is 35.9 Å². The van der Waals surface area contributed by atoms with Crippen LogP contribution >= 0.6 is 11.6 Å². The standard InChI is InChI=1S/C32H27ClN4O2/c1-5-10-22(6-2)29-15-13-24(20-34-29)31(38)36(3)27-17-26(33)18-28(19-27)37(4)32(39)25-14-16-30(35-21-25)23-11-8-7-9-12-23/h5-21H,1-2H2,3-4H3/b22-10+. The Balaban J connectivity index is 1.54. The van der Waals surface area contributed by atoms with Crippen molar-refractivity contribution in [1.29, 1.82) is 0 Å². The van der Waals surface area contributed by atoms with Gasteiger partial charge in [-0.25, -0.2) is 0 Å². The largest absolute Gasteiger partial charge is 0.311 e. The van der Waals surface area contributed by atoms with Crippen molar-refractivity contribution in [2.24, 2.45) is 0 Å². The number of aromatic nitrogens is 2. The Morgan fingerprint density at radius 1 is 0.795 bits per heavy atom. The van der Waals surface area contributed by atoms with Crippen molar-refractivity contribution in [3.8, 4) is 11.3 Å². The monoisotopic (exact) mass is 534 g/mol. The van der Waals surface area contributed by atoms with E-state index in [1.807, 2.05) is 36.4 Å². The minimum Gasteiger partial charge on any atom is -0.311 e. The molecular formula is C32H27ClN4O2. The molecule has 2 aromatic heterocycles. The summed E-state index contributed by atoms with van der Waals surface area (Å²) >= 11 is 6.41. The number of amides is 2. The molecule has 0 aliphatic rings. The van der Waals surface area contributed by atoms with Gasteiger partial charge in [-0.05, 0) is 48.0 Å². The summed E-state index contributed by atoms with van der Waals surface area (Å²) in [4.78, 5) is 38.2. The highest BCUT2D eigenvalue weighted by Crippen LogP contribution is 2.29. The molecule has 0 spiro atoms. The van der Waals surface area contributed by atoms with Crippen LogP contribution in [0.2, 0.25) is 5.02 Å². The highest BCUT2D eigenvalue weighted by atomic mass is 35.5. The van der Waals surface area contributed by atoms with E-state index in [0.717, 1.165) is 16.8 Å². The van der Waals surface area contributed by atoms with Crippen LogP contribution in [0.4, 0.5) is 11.4 Å². The lowest BCUT2D eigenvalue weighted by Gasteiger charge is -2.22. The minimum atomic E-state index is -0.273. The Kier molecular flexibility index (Phi) is 8.49. The summed E-state index contributed by atoms with van der Waals surface area (Å²) in [5.41, 5.74) is 5.12. The van der Waals surface area contributed by atoms with Gasteiger partial charge in [0.25, 0.3) is 11.8 Å². The Bertz CT molecular complexity index is 1550. The first-order valence-corrected chi connectivity index (χ1v) is 12.5. The van der Waals surface area contributed by atoms with Crippen LogP contribution in [-0.2, 0) is 0 Å². The zero-order chi connectivity index (χ0) is 27.9. The van der Waals surface area contributed by atoms with Crippen LogP contribution in [0.15, 0.2) is 117 Å². The van der Waals surface area contributed by atoms with E-state index in [-0.39, 0.29) is 11.8 Å². The number of carbonyl (C=O) groups excluding carboxylic acids is 2. The molecule has 4 aromatic rings. The normalized spacial score (nSPS) is 11.0. The highest BCUT2D eigenvalue weighted by Gasteiger charge is 2.19. The third-order valence-corrected chi connectivity index (χ3v) is 6.37. The number of halogens is 1. The topological polar surface area (TPSA) is 66.4 Å². The van der Waals surface area contributed by atoms with Gasteiger partial charge in [-0.1, -0.05) is 73.3 Å². The Morgan fingerprint density at radius 2 is 1.38 bits per heavy atom. The number of allylic oxidation sites excluding steroid dienone is 4. The summed E-state index contributed by atoms with van der Waals surface area (Å²) in [7, 11) is 3.30. The molecule has 39 heavy (non-hydrogen) atoms. The molecule has 2 heterocycles. The van der Waals surface area contributed by atoms with Gasteiger partial charge < -0.3 is 9.80 Å². The van der Waals surface area contributed by atoms with Crippen molar-refractivity contribution in [3.05, 3.63) is 138 Å². The van der Waals surface area contributed by atoms with Gasteiger partial charge in [-0.2, -0.15) is 0 Å². The summed E-state index contributed by atoms with van der Waals surface area (Å²) in [6.07, 6.45) is 8.20. The van der Waals surface area contributed by atoms with Gasteiger partial charge in [0.05, 0.1) is 22.5 Å². The molecule has 0 atom stereocenters. The summed E-state index contributed by atoms with van der Waals surface area (Å²) < 4.78 is 0. The quantitative estimate of drug-likeness (QED) is 0.226. The van der Waals surface area contributed by atoms with E-state index in [1.54, 1.807) is 74.9 Å². The van der Waals surface area contributed by atoms with E-state index in [2.05, 4.69) is 23.1 Å². The van der Waals surface area contributed by atoms with E-state index in [1.165, 1.54) is 16.0 Å². The molecule has 2 amide bonds. The van der Waals surface area contributed by atoms with Crippen LogP contribution in [0.25, 0.3) is 16.8 Å². The van der Waals surface area contributed by atoms with Crippen molar-refractivity contribution in [3.63, 3.8) is 0 Å². The molecule has 2 aromatic carbocycles. The summed E-state index contributed by atoms with van der Waals surface area (Å²) in [6.45, 7) is 7.48. The minimum absolute atomic E-state index is 0.255. The van der Waals surface area contributed by atoms with Gasteiger partial charge in [0.2, 0.25) is 0 Å². The number of pyridine rings is 2. The van der Waals surface area contributed by atoms with E-state index >= 15 is 0 Å². The van der Waals surface area contributed by atoms with E-state index in [9.17, 15) is 9.59 Å². The summed E-state index contributed by atoms with van der Waals surface area (Å²) in [5, 5.41) is 0.387. The van der Waals surface area contributed by atoms with Crippen LogP contribution in [0, 0.1) is 0 Å². The number of hydrogen-bond donors (Lipinski definition) is 0. The van der Waals surface area contributed by atoms with Crippen LogP contribution in [0.3, 0.4) is 0 Å². The summed E-state index contributed by atoms with van der Waals surface area (Å²) in [6, 6.07) is 21.8. The van der Waals surface area contributed by atoms with Crippen molar-refractivity contribution in [2.75, 3.05) is 23.9 Å². The second-order valence-electron chi connectivity index (χ2n) is 8.69. The summed E-state index contributed by atoms with van der Waals surface area (Å²) in [5.74, 6) is -0.528. The SMILES string of the molecule is C=C/C=C(\C=C)c1ccc(C(=O)N(C)c2cc(Cl)cc(N(C)C(=O)c3ccc(-c4ccccc4)nc3)c2)cn1. The first kappa shape index (κ1) is 27.2. The maximum Gasteiger partial charge on any atom is 0.259 e. The molecule has 7 heteroatoms. The molecule has 0 unspecified atom stereocenters. The van der Waals surface area contributed by atoms with Crippen LogP contribution < -0.4 is 9.80 Å². The third-order valence-electron chi connectivity index (χ3n) is 6.15. The second-order valence-corrected chi connectivity index (χ2v) is 9.12. The molecule has 0 radical (unpaired) electrons. The first-order valence-electron chi connectivity index (χ1n) is 12.1. The van der Waals surface area contributed by atoms with Gasteiger partial charge in [0.15, 0.2) is 0 Å². The predicted octanol–water partition coefficient (Wildman–Crippen LogP) is 7.11. The van der Waals surface area contributed by atoms with Crippen molar-refractivity contribution >= 4 is 40.4 Å². The molecule has 0 fully saturated rings. The van der Waals surface area contributed by atoms with Gasteiger partial charge in [0.1, 0.15) is 0 Å². The second kappa shape index (κ2) is 12.2. The average Bonchev–Trinajstić information content (AvgIpc) is 2.98. The molecule has 0 saturated carbocycles. The number of carbonyl (C=O) groups is 2. The van der Waals surface area contributed by atoms with E-state index in [0.29, 0.717) is 33.2 Å². The molecule has 0 aliphatic carbocycles. The number of nitrogens with zero attached hydrogens (tertiary/aromatic N) is 4. The first-order chi connectivity index (χ1) is 18.8. The number of hydrogen-bond acceptors (Lipinski definition) is 4. The fourth-order valence-corrected chi connectivity index (χ4v) is 4.17. The predicted molar refractivity (Wildman–Crippen MR) is 159 cm³/mol. The van der Waals surface area contributed by atoms with E-state index < -0.39 is 0 Å². The van der Waals surface area contributed by atoms with Crippen LogP contribution in [0.5, 0.6) is 0 Å². The third kappa shape index (κ3) is 6.20. The van der Waals surface area contributed by atoms with Gasteiger partial charge in [-0.3, -0.25) is 19.6 Å². The fraction of sp³-hybridized carbons (Fsp3) is 0.0625. The Morgan fingerprint density at radius 3 is 1.87 bits per heavy atom. The molecule has 0 aliphatic heterocycles. The molecule has 0 saturated heterocycles.